The van der Waals surface area contributed by atoms with E-state index in [1.165, 1.54) is 12.1 Å². The summed E-state index contributed by atoms with van der Waals surface area (Å²) in [7, 11) is 0. The summed E-state index contributed by atoms with van der Waals surface area (Å²) in [6.45, 7) is 5.23. The van der Waals surface area contributed by atoms with Gasteiger partial charge in [-0.05, 0) is 43.5 Å². The highest BCUT2D eigenvalue weighted by Crippen LogP contribution is 2.17. The second-order valence-electron chi connectivity index (χ2n) is 3.95. The van der Waals surface area contributed by atoms with Gasteiger partial charge in [0.05, 0.1) is 0 Å². The minimum absolute atomic E-state index is 0.276. The molecule has 0 fully saturated rings. The average Bonchev–Trinajstić information content (AvgIpc) is 2.27. The van der Waals surface area contributed by atoms with Crippen LogP contribution in [0, 0.1) is 5.82 Å². The first-order valence-electron chi connectivity index (χ1n) is 5.84. The Kier molecular flexibility index (Phi) is 5.78. The number of benzene rings is 1. The molecule has 1 N–H and O–H groups in total. The van der Waals surface area contributed by atoms with Crippen LogP contribution in [0.3, 0.4) is 0 Å². The second-order valence-corrected chi connectivity index (χ2v) is 4.36. The smallest absolute Gasteiger partial charge is 0.124 e. The molecule has 0 aliphatic heterocycles. The fourth-order valence-electron chi connectivity index (χ4n) is 1.71. The molecule has 0 bridgehead atoms. The average molecular weight is 244 g/mol. The van der Waals surface area contributed by atoms with Crippen molar-refractivity contribution in [1.29, 1.82) is 0 Å². The van der Waals surface area contributed by atoms with Crippen LogP contribution in [0.1, 0.15) is 32.3 Å². The molecular weight excluding hydrogens is 225 g/mol. The minimum atomic E-state index is -0.276. The van der Waals surface area contributed by atoms with E-state index >= 15 is 0 Å². The van der Waals surface area contributed by atoms with Crippen LogP contribution in [0.2, 0.25) is 5.02 Å². The quantitative estimate of drug-likeness (QED) is 0.802. The van der Waals surface area contributed by atoms with E-state index in [1.807, 2.05) is 0 Å². The number of halogens is 2. The maximum absolute atomic E-state index is 12.8. The third-order valence-electron chi connectivity index (χ3n) is 2.83. The highest BCUT2D eigenvalue weighted by molar-refractivity contribution is 6.31. The van der Waals surface area contributed by atoms with Crippen LogP contribution < -0.4 is 5.32 Å². The number of hydrogen-bond donors (Lipinski definition) is 1. The molecule has 0 amide bonds. The van der Waals surface area contributed by atoms with Gasteiger partial charge >= 0.3 is 0 Å². The van der Waals surface area contributed by atoms with Crippen LogP contribution in [0.15, 0.2) is 18.2 Å². The largest absolute Gasteiger partial charge is 0.314 e. The van der Waals surface area contributed by atoms with Gasteiger partial charge in [0.25, 0.3) is 0 Å². The summed E-state index contributed by atoms with van der Waals surface area (Å²) in [5.41, 5.74) is 1.00. The maximum atomic E-state index is 12.8. The van der Waals surface area contributed by atoms with Crippen molar-refractivity contribution in [2.75, 3.05) is 6.54 Å². The summed E-state index contributed by atoms with van der Waals surface area (Å²) in [6.07, 6.45) is 3.11. The van der Waals surface area contributed by atoms with Crippen molar-refractivity contribution < 1.29 is 4.39 Å². The SMILES string of the molecule is CCC(CC)NCCc1ccc(F)cc1Cl. The summed E-state index contributed by atoms with van der Waals surface area (Å²) in [4.78, 5) is 0. The molecule has 1 rings (SSSR count). The first kappa shape index (κ1) is 13.5. The third kappa shape index (κ3) is 4.11. The molecule has 0 atom stereocenters. The van der Waals surface area contributed by atoms with E-state index in [2.05, 4.69) is 19.2 Å². The van der Waals surface area contributed by atoms with Gasteiger partial charge in [-0.15, -0.1) is 0 Å². The molecule has 0 aromatic heterocycles. The Morgan fingerprint density at radius 3 is 2.56 bits per heavy atom. The van der Waals surface area contributed by atoms with Crippen LogP contribution in [0.4, 0.5) is 4.39 Å². The van der Waals surface area contributed by atoms with Gasteiger partial charge in [0, 0.05) is 11.1 Å². The van der Waals surface area contributed by atoms with E-state index in [1.54, 1.807) is 6.07 Å². The van der Waals surface area contributed by atoms with Crippen molar-refractivity contribution in [1.82, 2.24) is 5.32 Å². The highest BCUT2D eigenvalue weighted by Gasteiger charge is 2.04. The van der Waals surface area contributed by atoms with E-state index in [-0.39, 0.29) is 5.82 Å². The molecular formula is C13H19ClFN. The molecule has 0 radical (unpaired) electrons. The van der Waals surface area contributed by atoms with Gasteiger partial charge in [-0.25, -0.2) is 4.39 Å². The van der Waals surface area contributed by atoms with Crippen LogP contribution in [0.5, 0.6) is 0 Å². The summed E-state index contributed by atoms with van der Waals surface area (Å²) in [6, 6.07) is 5.15. The molecule has 90 valence electrons. The normalized spacial score (nSPS) is 11.1. The summed E-state index contributed by atoms with van der Waals surface area (Å²) >= 11 is 5.94. The van der Waals surface area contributed by atoms with Gasteiger partial charge in [-0.3, -0.25) is 0 Å². The van der Waals surface area contributed by atoms with Crippen molar-refractivity contribution in [3.8, 4) is 0 Å². The lowest BCUT2D eigenvalue weighted by atomic mass is 10.1. The van der Waals surface area contributed by atoms with Crippen LogP contribution in [0.25, 0.3) is 0 Å². The topological polar surface area (TPSA) is 12.0 Å². The second kappa shape index (κ2) is 6.87. The van der Waals surface area contributed by atoms with Gasteiger partial charge in [-0.1, -0.05) is 31.5 Å². The zero-order valence-electron chi connectivity index (χ0n) is 9.89. The van der Waals surface area contributed by atoms with E-state index in [9.17, 15) is 4.39 Å². The lowest BCUT2D eigenvalue weighted by Gasteiger charge is -2.14. The Morgan fingerprint density at radius 1 is 1.31 bits per heavy atom. The van der Waals surface area contributed by atoms with Crippen LogP contribution in [-0.4, -0.2) is 12.6 Å². The zero-order chi connectivity index (χ0) is 12.0. The van der Waals surface area contributed by atoms with Gasteiger partial charge in [0.1, 0.15) is 5.82 Å². The molecule has 1 aromatic rings. The zero-order valence-corrected chi connectivity index (χ0v) is 10.6. The molecule has 16 heavy (non-hydrogen) atoms. The molecule has 1 nitrogen and oxygen atoms in total. The lowest BCUT2D eigenvalue weighted by molar-refractivity contribution is 0.488. The summed E-state index contributed by atoms with van der Waals surface area (Å²) < 4.78 is 12.8. The van der Waals surface area contributed by atoms with Crippen molar-refractivity contribution in [2.45, 2.75) is 39.2 Å². The molecule has 0 saturated heterocycles. The van der Waals surface area contributed by atoms with E-state index in [4.69, 9.17) is 11.6 Å². The lowest BCUT2D eigenvalue weighted by Crippen LogP contribution is -2.29. The predicted octanol–water partition coefficient (Wildman–Crippen LogP) is 3.80. The Balaban J connectivity index is 2.42. The van der Waals surface area contributed by atoms with Crippen LogP contribution in [-0.2, 0) is 6.42 Å². The number of hydrogen-bond acceptors (Lipinski definition) is 1. The molecule has 0 unspecified atom stereocenters. The van der Waals surface area contributed by atoms with Gasteiger partial charge in [0.2, 0.25) is 0 Å². The molecule has 3 heteroatoms. The first-order chi connectivity index (χ1) is 7.67. The molecule has 0 spiro atoms. The Hall–Kier alpha value is -0.600. The molecule has 1 aromatic carbocycles. The van der Waals surface area contributed by atoms with Gasteiger partial charge in [-0.2, -0.15) is 0 Å². The molecule has 0 saturated carbocycles. The van der Waals surface area contributed by atoms with Crippen molar-refractivity contribution in [3.05, 3.63) is 34.6 Å². The Bertz CT molecular complexity index is 324. The van der Waals surface area contributed by atoms with Crippen molar-refractivity contribution >= 4 is 11.6 Å². The molecule has 0 aliphatic rings. The molecule has 0 heterocycles. The van der Waals surface area contributed by atoms with Gasteiger partial charge in [0.15, 0.2) is 0 Å². The van der Waals surface area contributed by atoms with Gasteiger partial charge < -0.3 is 5.32 Å². The van der Waals surface area contributed by atoms with Crippen molar-refractivity contribution in [2.24, 2.45) is 0 Å². The fourth-order valence-corrected chi connectivity index (χ4v) is 1.97. The van der Waals surface area contributed by atoms with E-state index < -0.39 is 0 Å². The summed E-state index contributed by atoms with van der Waals surface area (Å²) in [5.74, 6) is -0.276. The summed E-state index contributed by atoms with van der Waals surface area (Å²) in [5, 5.41) is 3.98. The minimum Gasteiger partial charge on any atom is -0.314 e. The standard InChI is InChI=1S/C13H19ClFN/c1-3-12(4-2)16-8-7-10-5-6-11(15)9-13(10)14/h5-6,9,12,16H,3-4,7-8H2,1-2H3. The Morgan fingerprint density at radius 2 is 2.00 bits per heavy atom. The van der Waals surface area contributed by atoms with E-state index in [0.29, 0.717) is 11.1 Å². The maximum Gasteiger partial charge on any atom is 0.124 e. The number of nitrogens with one attached hydrogen (secondary N) is 1. The Labute approximate surface area is 102 Å². The third-order valence-corrected chi connectivity index (χ3v) is 3.18. The molecule has 0 aliphatic carbocycles. The predicted molar refractivity (Wildman–Crippen MR) is 67.5 cm³/mol. The van der Waals surface area contributed by atoms with Crippen molar-refractivity contribution in [3.63, 3.8) is 0 Å². The fraction of sp³-hybridized carbons (Fsp3) is 0.538. The highest BCUT2D eigenvalue weighted by atomic mass is 35.5. The number of rotatable bonds is 6. The van der Waals surface area contributed by atoms with E-state index in [0.717, 1.165) is 31.4 Å². The monoisotopic (exact) mass is 243 g/mol. The van der Waals surface area contributed by atoms with Crippen LogP contribution >= 0.6 is 11.6 Å². The first-order valence-corrected chi connectivity index (χ1v) is 6.22.